The number of hydrogen-bond acceptors (Lipinski definition) is 5. The summed E-state index contributed by atoms with van der Waals surface area (Å²) in [5.74, 6) is -0.857. The van der Waals surface area contributed by atoms with Gasteiger partial charge in [0.1, 0.15) is 6.17 Å². The molecule has 1 saturated heterocycles. The first-order valence-corrected chi connectivity index (χ1v) is 11.3. The average Bonchev–Trinajstić information content (AvgIpc) is 2.98. The van der Waals surface area contributed by atoms with E-state index in [1.54, 1.807) is 15.8 Å². The van der Waals surface area contributed by atoms with Gasteiger partial charge in [0.2, 0.25) is 5.43 Å². The van der Waals surface area contributed by atoms with E-state index in [-0.39, 0.29) is 23.8 Å². The highest BCUT2D eigenvalue weighted by atomic mass is 16.5. The highest BCUT2D eigenvalue weighted by molar-refractivity contribution is 5.96. The molecule has 2 aliphatic heterocycles. The van der Waals surface area contributed by atoms with Crippen molar-refractivity contribution in [1.82, 2.24) is 9.58 Å². The molecule has 1 fully saturated rings. The molecule has 168 valence electrons. The number of rotatable bonds is 1. The summed E-state index contributed by atoms with van der Waals surface area (Å²) in [6, 6.07) is 16.0. The second-order valence-electron chi connectivity index (χ2n) is 8.96. The van der Waals surface area contributed by atoms with Crippen molar-refractivity contribution in [3.05, 3.63) is 98.5 Å². The molecule has 1 N–H and O–H groups in total. The van der Waals surface area contributed by atoms with Gasteiger partial charge in [0, 0.05) is 18.8 Å². The van der Waals surface area contributed by atoms with Crippen molar-refractivity contribution < 1.29 is 14.6 Å². The standard InChI is InChI=1S/C26H25N3O4/c1-16-6-7-18-9-8-17-4-2-3-5-19(17)23(20(18)14-16)29-22-15-33-13-12-27(22)26(32)24-25(31)21(30)10-11-28(24)29/h2-7,10-11,14,22-23,31H,8-9,12-13,15H2,1H3/t22-,23+/m1/s1. The average molecular weight is 444 g/mol. The number of carbonyl (C=O) groups excluding carboxylic acids is 1. The SMILES string of the molecule is Cc1ccc2c(c1)[C@@H](N1[C@@H]3COCCN3C(=O)c3c(O)c(=O)ccn31)c1ccccc1CC2. The summed E-state index contributed by atoms with van der Waals surface area (Å²) in [6.45, 7) is 3.25. The van der Waals surface area contributed by atoms with Crippen LogP contribution in [0.4, 0.5) is 0 Å². The second kappa shape index (κ2) is 7.49. The molecule has 6 rings (SSSR count). The van der Waals surface area contributed by atoms with Gasteiger partial charge in [-0.25, -0.2) is 0 Å². The highest BCUT2D eigenvalue weighted by Crippen LogP contribution is 2.40. The van der Waals surface area contributed by atoms with Crippen LogP contribution in [0.15, 0.2) is 59.5 Å². The summed E-state index contributed by atoms with van der Waals surface area (Å²) < 4.78 is 7.51. The van der Waals surface area contributed by atoms with Gasteiger partial charge in [0.25, 0.3) is 5.91 Å². The number of amides is 1. The number of hydrogen-bond donors (Lipinski definition) is 1. The molecule has 33 heavy (non-hydrogen) atoms. The number of ether oxygens (including phenoxy) is 1. The van der Waals surface area contributed by atoms with Gasteiger partial charge in [-0.2, -0.15) is 0 Å². The predicted octanol–water partition coefficient (Wildman–Crippen LogP) is 2.50. The number of nitrogens with zero attached hydrogens (tertiary/aromatic N) is 3. The van der Waals surface area contributed by atoms with Crippen molar-refractivity contribution in [1.29, 1.82) is 0 Å². The van der Waals surface area contributed by atoms with Crippen LogP contribution < -0.4 is 10.4 Å². The lowest BCUT2D eigenvalue weighted by molar-refractivity contribution is -0.0197. The van der Waals surface area contributed by atoms with E-state index in [4.69, 9.17) is 4.74 Å². The second-order valence-corrected chi connectivity index (χ2v) is 8.96. The van der Waals surface area contributed by atoms with Gasteiger partial charge >= 0.3 is 0 Å². The lowest BCUT2D eigenvalue weighted by Gasteiger charge is -2.51. The van der Waals surface area contributed by atoms with Gasteiger partial charge in [0.05, 0.1) is 19.3 Å². The normalized spacial score (nSPS) is 21.5. The number of pyridine rings is 1. The molecule has 1 amide bonds. The first-order chi connectivity index (χ1) is 16.0. The summed E-state index contributed by atoms with van der Waals surface area (Å²) in [5, 5.41) is 12.8. The predicted molar refractivity (Wildman–Crippen MR) is 123 cm³/mol. The third-order valence-electron chi connectivity index (χ3n) is 7.05. The maximum atomic E-state index is 13.4. The maximum Gasteiger partial charge on any atom is 0.278 e. The molecular formula is C26H25N3O4. The Hall–Kier alpha value is -3.58. The minimum Gasteiger partial charge on any atom is -0.502 e. The molecule has 2 atom stereocenters. The van der Waals surface area contributed by atoms with Gasteiger partial charge in [-0.05, 0) is 42.0 Å². The van der Waals surface area contributed by atoms with Crippen LogP contribution in [0, 0.1) is 6.92 Å². The monoisotopic (exact) mass is 443 g/mol. The number of benzene rings is 2. The molecule has 3 heterocycles. The van der Waals surface area contributed by atoms with Crippen LogP contribution in [0.3, 0.4) is 0 Å². The first-order valence-electron chi connectivity index (χ1n) is 11.3. The topological polar surface area (TPSA) is 75.0 Å². The van der Waals surface area contributed by atoms with Crippen LogP contribution in [-0.4, -0.2) is 46.5 Å². The number of aromatic nitrogens is 1. The smallest absolute Gasteiger partial charge is 0.278 e. The largest absolute Gasteiger partial charge is 0.502 e. The summed E-state index contributed by atoms with van der Waals surface area (Å²) >= 11 is 0. The van der Waals surface area contributed by atoms with Crippen molar-refractivity contribution in [2.24, 2.45) is 0 Å². The van der Waals surface area contributed by atoms with Crippen LogP contribution >= 0.6 is 0 Å². The van der Waals surface area contributed by atoms with Crippen molar-refractivity contribution in [3.63, 3.8) is 0 Å². The van der Waals surface area contributed by atoms with Crippen LogP contribution in [0.25, 0.3) is 0 Å². The van der Waals surface area contributed by atoms with Gasteiger partial charge in [-0.15, -0.1) is 0 Å². The van der Waals surface area contributed by atoms with Crippen molar-refractivity contribution in [3.8, 4) is 5.75 Å². The number of fused-ring (bicyclic) bond motifs is 4. The summed E-state index contributed by atoms with van der Waals surface area (Å²) in [6.07, 6.45) is 3.07. The minimum absolute atomic E-state index is 0.0107. The Labute approximate surface area is 191 Å². The minimum atomic E-state index is -0.557. The van der Waals surface area contributed by atoms with Gasteiger partial charge < -0.3 is 14.7 Å². The zero-order valence-corrected chi connectivity index (χ0v) is 18.4. The van der Waals surface area contributed by atoms with E-state index in [0.717, 1.165) is 24.0 Å². The fourth-order valence-electron chi connectivity index (χ4n) is 5.48. The first kappa shape index (κ1) is 20.1. The van der Waals surface area contributed by atoms with E-state index < -0.39 is 11.2 Å². The molecule has 7 nitrogen and oxygen atoms in total. The molecule has 2 aromatic carbocycles. The lowest BCUT2D eigenvalue weighted by atomic mass is 9.92. The molecule has 0 bridgehead atoms. The zero-order chi connectivity index (χ0) is 22.7. The molecule has 3 aliphatic rings. The van der Waals surface area contributed by atoms with Gasteiger partial charge in [0.15, 0.2) is 11.4 Å². The van der Waals surface area contributed by atoms with Crippen LogP contribution in [0.5, 0.6) is 5.75 Å². The molecular weight excluding hydrogens is 418 g/mol. The molecule has 3 aromatic rings. The van der Waals surface area contributed by atoms with E-state index in [1.807, 2.05) is 6.07 Å². The van der Waals surface area contributed by atoms with E-state index in [9.17, 15) is 14.7 Å². The maximum absolute atomic E-state index is 13.4. The Morgan fingerprint density at radius 1 is 1.00 bits per heavy atom. The molecule has 0 radical (unpaired) electrons. The zero-order valence-electron chi connectivity index (χ0n) is 18.4. The molecule has 0 saturated carbocycles. The van der Waals surface area contributed by atoms with Gasteiger partial charge in [-0.3, -0.25) is 19.3 Å². The Balaban J connectivity index is 1.67. The van der Waals surface area contributed by atoms with Crippen molar-refractivity contribution >= 4 is 5.91 Å². The van der Waals surface area contributed by atoms with E-state index in [2.05, 4.69) is 48.3 Å². The van der Waals surface area contributed by atoms with Crippen LogP contribution in [-0.2, 0) is 17.6 Å². The van der Waals surface area contributed by atoms with E-state index in [0.29, 0.717) is 19.8 Å². The third kappa shape index (κ3) is 2.99. The molecule has 0 unspecified atom stereocenters. The fourth-order valence-corrected chi connectivity index (χ4v) is 5.48. The number of carbonyl (C=O) groups is 1. The molecule has 1 aliphatic carbocycles. The van der Waals surface area contributed by atoms with Gasteiger partial charge in [-0.1, -0.05) is 48.0 Å². The fraction of sp³-hybridized carbons (Fsp3) is 0.308. The lowest BCUT2D eigenvalue weighted by Crippen LogP contribution is -2.66. The quantitative estimate of drug-likeness (QED) is 0.626. The Morgan fingerprint density at radius 3 is 2.64 bits per heavy atom. The Morgan fingerprint density at radius 2 is 1.79 bits per heavy atom. The molecule has 7 heteroatoms. The number of aromatic hydroxyl groups is 1. The highest BCUT2D eigenvalue weighted by Gasteiger charge is 2.45. The third-order valence-corrected chi connectivity index (χ3v) is 7.05. The van der Waals surface area contributed by atoms with Crippen molar-refractivity contribution in [2.45, 2.75) is 32.0 Å². The van der Waals surface area contributed by atoms with Crippen LogP contribution in [0.1, 0.15) is 44.3 Å². The molecule has 1 aromatic heterocycles. The molecule has 0 spiro atoms. The van der Waals surface area contributed by atoms with Crippen LogP contribution in [0.2, 0.25) is 0 Å². The number of morpholine rings is 1. The summed E-state index contributed by atoms with van der Waals surface area (Å²) in [7, 11) is 0. The van der Waals surface area contributed by atoms with E-state index >= 15 is 0 Å². The summed E-state index contributed by atoms with van der Waals surface area (Å²) in [5.41, 5.74) is 5.45. The Kier molecular flexibility index (Phi) is 4.55. The van der Waals surface area contributed by atoms with Crippen molar-refractivity contribution in [2.75, 3.05) is 24.8 Å². The van der Waals surface area contributed by atoms with E-state index in [1.165, 1.54) is 22.8 Å². The summed E-state index contributed by atoms with van der Waals surface area (Å²) in [4.78, 5) is 27.4. The Bertz CT molecular complexity index is 1330. The number of aryl methyl sites for hydroxylation is 3.